The van der Waals surface area contributed by atoms with E-state index in [-0.39, 0.29) is 12.5 Å². The van der Waals surface area contributed by atoms with Gasteiger partial charge in [0, 0.05) is 0 Å². The molecule has 3 aromatic rings. The number of ether oxygens (including phenoxy) is 3. The number of anilines is 1. The van der Waals surface area contributed by atoms with Crippen molar-refractivity contribution in [3.05, 3.63) is 65.5 Å². The van der Waals surface area contributed by atoms with Crippen molar-refractivity contribution in [2.75, 3.05) is 25.6 Å². The predicted molar refractivity (Wildman–Crippen MR) is 120 cm³/mol. The first-order valence-electron chi connectivity index (χ1n) is 10.0. The predicted octanol–water partition coefficient (Wildman–Crippen LogP) is 4.97. The minimum absolute atomic E-state index is 0.168. The van der Waals surface area contributed by atoms with Crippen LogP contribution in [-0.4, -0.2) is 31.4 Å². The Morgan fingerprint density at radius 3 is 2.45 bits per heavy atom. The Bertz CT molecular complexity index is 1020. The summed E-state index contributed by atoms with van der Waals surface area (Å²) in [7, 11) is 1.62. The highest BCUT2D eigenvalue weighted by Crippen LogP contribution is 2.27. The Hall–Kier alpha value is -3.74. The molecule has 0 atom stereocenters. The summed E-state index contributed by atoms with van der Waals surface area (Å²) in [5, 5.41) is 6.84. The summed E-state index contributed by atoms with van der Waals surface area (Å²) in [5.74, 6) is 2.10. The van der Waals surface area contributed by atoms with Crippen LogP contribution >= 0.6 is 0 Å². The van der Waals surface area contributed by atoms with Crippen LogP contribution in [0.25, 0.3) is 12.2 Å². The second-order valence-electron chi connectivity index (χ2n) is 6.74. The summed E-state index contributed by atoms with van der Waals surface area (Å²) in [6.07, 6.45) is 4.54. The molecule has 7 nitrogen and oxygen atoms in total. The maximum atomic E-state index is 12.5. The number of aromatic nitrogens is 1. The summed E-state index contributed by atoms with van der Waals surface area (Å²) in [6, 6.07) is 14.9. The molecule has 0 aliphatic carbocycles. The topological polar surface area (TPSA) is 82.8 Å². The van der Waals surface area contributed by atoms with E-state index in [0.717, 1.165) is 17.7 Å². The number of rotatable bonds is 10. The second kappa shape index (κ2) is 10.9. The molecule has 0 radical (unpaired) electrons. The van der Waals surface area contributed by atoms with Crippen molar-refractivity contribution in [2.45, 2.75) is 20.3 Å². The van der Waals surface area contributed by atoms with Gasteiger partial charge in [0.2, 0.25) is 0 Å². The highest BCUT2D eigenvalue weighted by atomic mass is 16.5. The van der Waals surface area contributed by atoms with Gasteiger partial charge in [-0.15, -0.1) is 0 Å². The second-order valence-corrected chi connectivity index (χ2v) is 6.74. The van der Waals surface area contributed by atoms with E-state index in [1.54, 1.807) is 26.2 Å². The Kier molecular flexibility index (Phi) is 7.70. The highest BCUT2D eigenvalue weighted by molar-refractivity contribution is 5.94. The number of nitrogens with zero attached hydrogens (tertiary/aromatic N) is 1. The van der Waals surface area contributed by atoms with Crippen molar-refractivity contribution in [3.63, 3.8) is 0 Å². The Balaban J connectivity index is 1.63. The molecule has 1 N–H and O–H groups in total. The molecule has 31 heavy (non-hydrogen) atoms. The molecular weight excluding hydrogens is 396 g/mol. The monoisotopic (exact) mass is 422 g/mol. The Morgan fingerprint density at radius 1 is 1.06 bits per heavy atom. The van der Waals surface area contributed by atoms with E-state index < -0.39 is 0 Å². The highest BCUT2D eigenvalue weighted by Gasteiger charge is 2.15. The number of hydrogen-bond acceptors (Lipinski definition) is 6. The van der Waals surface area contributed by atoms with Gasteiger partial charge in [-0.1, -0.05) is 42.4 Å². The lowest BCUT2D eigenvalue weighted by Gasteiger charge is -2.12. The molecule has 0 spiro atoms. The minimum Gasteiger partial charge on any atom is -0.497 e. The number of benzene rings is 2. The lowest BCUT2D eigenvalue weighted by atomic mass is 10.2. The number of methoxy groups -OCH3 is 1. The fourth-order valence-electron chi connectivity index (χ4n) is 2.76. The van der Waals surface area contributed by atoms with Gasteiger partial charge in [-0.25, -0.2) is 0 Å². The summed E-state index contributed by atoms with van der Waals surface area (Å²) in [6.45, 7) is 4.18. The molecule has 0 saturated heterocycles. The van der Waals surface area contributed by atoms with E-state index in [2.05, 4.69) is 10.5 Å². The fraction of sp³-hybridized carbons (Fsp3) is 0.250. The largest absolute Gasteiger partial charge is 0.497 e. The Morgan fingerprint density at radius 2 is 1.77 bits per heavy atom. The van der Waals surface area contributed by atoms with Crippen molar-refractivity contribution in [1.29, 1.82) is 0 Å². The number of aryl methyl sites for hydroxylation is 1. The SMILES string of the molecule is CCCOc1ccccc1OCC(=O)Nc1c(/C=C/c2ccc(OC)cc2)noc1C. The average molecular weight is 422 g/mol. The van der Waals surface area contributed by atoms with E-state index in [1.807, 2.05) is 55.5 Å². The molecule has 2 aromatic carbocycles. The zero-order valence-electron chi connectivity index (χ0n) is 17.9. The first-order chi connectivity index (χ1) is 15.1. The third-order valence-electron chi connectivity index (χ3n) is 4.37. The molecular formula is C24H26N2O5. The summed E-state index contributed by atoms with van der Waals surface area (Å²) in [5.41, 5.74) is 1.99. The van der Waals surface area contributed by atoms with Crippen LogP contribution < -0.4 is 19.5 Å². The lowest BCUT2D eigenvalue weighted by molar-refractivity contribution is -0.118. The van der Waals surface area contributed by atoms with Gasteiger partial charge in [0.05, 0.1) is 13.7 Å². The molecule has 0 saturated carbocycles. The number of para-hydroxylation sites is 2. The maximum absolute atomic E-state index is 12.5. The van der Waals surface area contributed by atoms with Crippen LogP contribution in [0.5, 0.6) is 17.2 Å². The van der Waals surface area contributed by atoms with Gasteiger partial charge in [0.15, 0.2) is 23.9 Å². The molecule has 0 unspecified atom stereocenters. The Labute approximate surface area is 181 Å². The van der Waals surface area contributed by atoms with Crippen molar-refractivity contribution >= 4 is 23.7 Å². The van der Waals surface area contributed by atoms with Crippen LogP contribution in [0, 0.1) is 6.92 Å². The zero-order valence-corrected chi connectivity index (χ0v) is 17.9. The third kappa shape index (κ3) is 6.12. The molecule has 162 valence electrons. The standard InChI is InChI=1S/C24H26N2O5/c1-4-15-29-21-7-5-6-8-22(21)30-16-23(27)25-24-17(2)31-26-20(24)14-11-18-9-12-19(28-3)13-10-18/h5-14H,4,15-16H2,1-3H3,(H,25,27)/b14-11+. The maximum Gasteiger partial charge on any atom is 0.262 e. The lowest BCUT2D eigenvalue weighted by Crippen LogP contribution is -2.21. The van der Waals surface area contributed by atoms with E-state index in [0.29, 0.717) is 35.2 Å². The van der Waals surface area contributed by atoms with E-state index in [9.17, 15) is 4.79 Å². The van der Waals surface area contributed by atoms with Crippen LogP contribution in [0.1, 0.15) is 30.4 Å². The molecule has 1 heterocycles. The molecule has 0 fully saturated rings. The van der Waals surface area contributed by atoms with Gasteiger partial charge >= 0.3 is 0 Å². The van der Waals surface area contributed by atoms with Crippen LogP contribution in [0.4, 0.5) is 5.69 Å². The van der Waals surface area contributed by atoms with Gasteiger partial charge < -0.3 is 24.1 Å². The zero-order chi connectivity index (χ0) is 22.1. The smallest absolute Gasteiger partial charge is 0.262 e. The minimum atomic E-state index is -0.323. The van der Waals surface area contributed by atoms with Crippen LogP contribution in [0.15, 0.2) is 53.1 Å². The van der Waals surface area contributed by atoms with Gasteiger partial charge in [0.1, 0.15) is 17.1 Å². The van der Waals surface area contributed by atoms with Crippen molar-refractivity contribution < 1.29 is 23.5 Å². The van der Waals surface area contributed by atoms with Crippen molar-refractivity contribution in [3.8, 4) is 17.2 Å². The number of hydrogen-bond donors (Lipinski definition) is 1. The molecule has 1 aromatic heterocycles. The van der Waals surface area contributed by atoms with Crippen LogP contribution in [0.2, 0.25) is 0 Å². The summed E-state index contributed by atoms with van der Waals surface area (Å²) >= 11 is 0. The van der Waals surface area contributed by atoms with Gasteiger partial charge in [-0.3, -0.25) is 4.79 Å². The normalized spacial score (nSPS) is 10.8. The number of carbonyl (C=O) groups is 1. The third-order valence-corrected chi connectivity index (χ3v) is 4.37. The van der Waals surface area contributed by atoms with Crippen molar-refractivity contribution in [1.82, 2.24) is 5.16 Å². The summed E-state index contributed by atoms with van der Waals surface area (Å²) < 4.78 is 21.7. The van der Waals surface area contributed by atoms with E-state index in [1.165, 1.54) is 0 Å². The quantitative estimate of drug-likeness (QED) is 0.497. The van der Waals surface area contributed by atoms with Crippen LogP contribution in [-0.2, 0) is 4.79 Å². The molecule has 0 aliphatic rings. The summed E-state index contributed by atoms with van der Waals surface area (Å²) in [4.78, 5) is 12.5. The molecule has 7 heteroatoms. The molecule has 1 amide bonds. The number of amides is 1. The van der Waals surface area contributed by atoms with E-state index >= 15 is 0 Å². The first-order valence-corrected chi connectivity index (χ1v) is 10.0. The molecule has 0 bridgehead atoms. The average Bonchev–Trinajstić information content (AvgIpc) is 3.14. The van der Waals surface area contributed by atoms with Gasteiger partial charge in [-0.05, 0) is 49.2 Å². The van der Waals surface area contributed by atoms with Crippen molar-refractivity contribution in [2.24, 2.45) is 0 Å². The van der Waals surface area contributed by atoms with E-state index in [4.69, 9.17) is 18.7 Å². The van der Waals surface area contributed by atoms with Crippen LogP contribution in [0.3, 0.4) is 0 Å². The van der Waals surface area contributed by atoms with Gasteiger partial charge in [-0.2, -0.15) is 0 Å². The molecule has 3 rings (SSSR count). The molecule has 0 aliphatic heterocycles. The number of nitrogens with one attached hydrogen (secondary N) is 1. The first kappa shape index (κ1) is 22.0. The fourth-order valence-corrected chi connectivity index (χ4v) is 2.76. The number of carbonyl (C=O) groups excluding carboxylic acids is 1. The van der Waals surface area contributed by atoms with Gasteiger partial charge in [0.25, 0.3) is 5.91 Å².